The Bertz CT molecular complexity index is 715. The molecule has 2 aromatic rings. The van der Waals surface area contributed by atoms with Crippen molar-refractivity contribution in [3.8, 4) is 0 Å². The van der Waals surface area contributed by atoms with E-state index in [-0.39, 0.29) is 5.91 Å². The summed E-state index contributed by atoms with van der Waals surface area (Å²) < 4.78 is 1.80. The van der Waals surface area contributed by atoms with Gasteiger partial charge in [-0.25, -0.2) is 0 Å². The molecule has 2 aliphatic heterocycles. The summed E-state index contributed by atoms with van der Waals surface area (Å²) in [4.78, 5) is 14.9. The summed E-state index contributed by atoms with van der Waals surface area (Å²) in [6, 6.07) is 7.95. The second kappa shape index (κ2) is 5.09. The quantitative estimate of drug-likeness (QED) is 0.873. The first-order valence-corrected chi connectivity index (χ1v) is 8.10. The zero-order valence-corrected chi connectivity index (χ0v) is 13.0. The van der Waals surface area contributed by atoms with Crippen molar-refractivity contribution in [3.05, 3.63) is 30.0 Å². The first-order chi connectivity index (χ1) is 10.7. The van der Waals surface area contributed by atoms with Crippen molar-refractivity contribution in [3.63, 3.8) is 0 Å². The van der Waals surface area contributed by atoms with E-state index in [9.17, 15) is 4.79 Å². The zero-order chi connectivity index (χ0) is 15.2. The molecule has 0 saturated carbocycles. The highest BCUT2D eigenvalue weighted by molar-refractivity contribution is 6.04. The number of nitrogens with zero attached hydrogens (tertiary/aromatic N) is 3. The second-order valence-corrected chi connectivity index (χ2v) is 6.75. The summed E-state index contributed by atoms with van der Waals surface area (Å²) in [7, 11) is 1.90. The molecule has 1 amide bonds. The molecule has 1 aromatic carbocycles. The Kier molecular flexibility index (Phi) is 3.18. The van der Waals surface area contributed by atoms with Gasteiger partial charge in [0.25, 0.3) is 5.91 Å². The van der Waals surface area contributed by atoms with Crippen LogP contribution in [0.1, 0.15) is 29.8 Å². The van der Waals surface area contributed by atoms with Gasteiger partial charge in [-0.05, 0) is 31.9 Å². The van der Waals surface area contributed by atoms with E-state index in [0.717, 1.165) is 43.5 Å². The molecule has 22 heavy (non-hydrogen) atoms. The number of carbonyl (C=O) groups is 1. The molecular weight excluding hydrogens is 276 g/mol. The van der Waals surface area contributed by atoms with Gasteiger partial charge in [-0.15, -0.1) is 0 Å². The zero-order valence-electron chi connectivity index (χ0n) is 13.0. The Morgan fingerprint density at radius 1 is 1.32 bits per heavy atom. The van der Waals surface area contributed by atoms with E-state index in [2.05, 4.69) is 10.4 Å². The minimum absolute atomic E-state index is 0.0826. The standard InChI is InChI=1S/C17H22N4O/c1-20-14-6-3-2-5-13(14)15(19-20)16(22)21-10-8-17(12-21)7-4-9-18-11-17/h2-3,5-6,18H,4,7-12H2,1H3/t17-/m0/s1. The highest BCUT2D eigenvalue weighted by Crippen LogP contribution is 2.37. The number of nitrogens with one attached hydrogen (secondary N) is 1. The van der Waals surface area contributed by atoms with Crippen LogP contribution < -0.4 is 5.32 Å². The number of hydrogen-bond donors (Lipinski definition) is 1. The van der Waals surface area contributed by atoms with Crippen molar-refractivity contribution in [2.45, 2.75) is 19.3 Å². The van der Waals surface area contributed by atoms with Crippen LogP contribution in [-0.4, -0.2) is 46.8 Å². The predicted octanol–water partition coefficient (Wildman–Crippen LogP) is 1.79. The molecule has 1 atom stereocenters. The highest BCUT2D eigenvalue weighted by atomic mass is 16.2. The van der Waals surface area contributed by atoms with Crippen LogP contribution >= 0.6 is 0 Å². The molecule has 3 heterocycles. The Morgan fingerprint density at radius 2 is 2.18 bits per heavy atom. The molecule has 0 aliphatic carbocycles. The lowest BCUT2D eigenvalue weighted by Gasteiger charge is -2.33. The Hall–Kier alpha value is -1.88. The molecule has 0 radical (unpaired) electrons. The van der Waals surface area contributed by atoms with Gasteiger partial charge in [0.15, 0.2) is 5.69 Å². The van der Waals surface area contributed by atoms with E-state index >= 15 is 0 Å². The van der Waals surface area contributed by atoms with Crippen LogP contribution in [0, 0.1) is 5.41 Å². The van der Waals surface area contributed by atoms with Crippen LogP contribution in [-0.2, 0) is 7.05 Å². The van der Waals surface area contributed by atoms with Crippen molar-refractivity contribution < 1.29 is 4.79 Å². The first kappa shape index (κ1) is 13.8. The smallest absolute Gasteiger partial charge is 0.275 e. The lowest BCUT2D eigenvalue weighted by atomic mass is 9.80. The van der Waals surface area contributed by atoms with Crippen LogP contribution in [0.15, 0.2) is 24.3 Å². The normalized spacial score (nSPS) is 25.2. The van der Waals surface area contributed by atoms with E-state index in [1.54, 1.807) is 4.68 Å². The maximum atomic E-state index is 12.9. The molecule has 2 saturated heterocycles. The first-order valence-electron chi connectivity index (χ1n) is 8.10. The number of likely N-dealkylation sites (tertiary alicyclic amines) is 1. The van der Waals surface area contributed by atoms with Gasteiger partial charge in [-0.1, -0.05) is 18.2 Å². The molecule has 1 aromatic heterocycles. The largest absolute Gasteiger partial charge is 0.337 e. The lowest BCUT2D eigenvalue weighted by molar-refractivity contribution is 0.0759. The number of carbonyl (C=O) groups excluding carboxylic acids is 1. The fourth-order valence-corrected chi connectivity index (χ4v) is 4.01. The highest BCUT2D eigenvalue weighted by Gasteiger charge is 2.41. The van der Waals surface area contributed by atoms with Crippen molar-refractivity contribution in [1.82, 2.24) is 20.0 Å². The summed E-state index contributed by atoms with van der Waals surface area (Å²) >= 11 is 0. The summed E-state index contributed by atoms with van der Waals surface area (Å²) in [5.74, 6) is 0.0826. The number of aromatic nitrogens is 2. The molecule has 0 unspecified atom stereocenters. The fourth-order valence-electron chi connectivity index (χ4n) is 4.01. The molecular formula is C17H22N4O. The number of para-hydroxylation sites is 1. The van der Waals surface area contributed by atoms with Gasteiger partial charge in [-0.2, -0.15) is 5.10 Å². The number of rotatable bonds is 1. The van der Waals surface area contributed by atoms with Gasteiger partial charge in [-0.3, -0.25) is 9.48 Å². The maximum absolute atomic E-state index is 12.9. The molecule has 5 nitrogen and oxygen atoms in total. The molecule has 2 aliphatic rings. The van der Waals surface area contributed by atoms with E-state index in [1.807, 2.05) is 36.2 Å². The second-order valence-electron chi connectivity index (χ2n) is 6.75. The number of benzene rings is 1. The molecule has 1 N–H and O–H groups in total. The van der Waals surface area contributed by atoms with Gasteiger partial charge in [0.1, 0.15) is 0 Å². The van der Waals surface area contributed by atoms with E-state index in [1.165, 1.54) is 12.8 Å². The SMILES string of the molecule is Cn1nc(C(=O)N2CC[C@]3(CCCNC3)C2)c2ccccc21. The minimum atomic E-state index is 0.0826. The number of aryl methyl sites for hydroxylation is 1. The average Bonchev–Trinajstić information content (AvgIpc) is 3.10. The van der Waals surface area contributed by atoms with Crippen molar-refractivity contribution in [1.29, 1.82) is 0 Å². The van der Waals surface area contributed by atoms with Gasteiger partial charge < -0.3 is 10.2 Å². The van der Waals surface area contributed by atoms with Crippen LogP contribution in [0.25, 0.3) is 10.9 Å². The molecule has 116 valence electrons. The molecule has 0 bridgehead atoms. The van der Waals surface area contributed by atoms with E-state index in [4.69, 9.17) is 0 Å². The van der Waals surface area contributed by atoms with E-state index < -0.39 is 0 Å². The third kappa shape index (κ3) is 2.11. The summed E-state index contributed by atoms with van der Waals surface area (Å²) in [5, 5.41) is 8.93. The van der Waals surface area contributed by atoms with Crippen molar-refractivity contribution in [2.75, 3.05) is 26.2 Å². The number of fused-ring (bicyclic) bond motifs is 1. The Morgan fingerprint density at radius 3 is 3.00 bits per heavy atom. The molecule has 4 rings (SSSR count). The van der Waals surface area contributed by atoms with Crippen LogP contribution in [0.3, 0.4) is 0 Å². The van der Waals surface area contributed by atoms with Crippen LogP contribution in [0.5, 0.6) is 0 Å². The topological polar surface area (TPSA) is 50.2 Å². The van der Waals surface area contributed by atoms with Crippen molar-refractivity contribution in [2.24, 2.45) is 12.5 Å². The minimum Gasteiger partial charge on any atom is -0.337 e. The van der Waals surface area contributed by atoms with E-state index in [0.29, 0.717) is 11.1 Å². The van der Waals surface area contributed by atoms with Crippen molar-refractivity contribution >= 4 is 16.8 Å². The average molecular weight is 298 g/mol. The number of hydrogen-bond acceptors (Lipinski definition) is 3. The van der Waals surface area contributed by atoms with Crippen LogP contribution in [0.2, 0.25) is 0 Å². The number of amides is 1. The van der Waals surface area contributed by atoms with Crippen LogP contribution in [0.4, 0.5) is 0 Å². The fraction of sp³-hybridized carbons (Fsp3) is 0.529. The van der Waals surface area contributed by atoms with Gasteiger partial charge in [0.2, 0.25) is 0 Å². The molecule has 5 heteroatoms. The molecule has 2 fully saturated rings. The third-order valence-corrected chi connectivity index (χ3v) is 5.25. The number of piperidine rings is 1. The third-order valence-electron chi connectivity index (χ3n) is 5.25. The summed E-state index contributed by atoms with van der Waals surface area (Å²) in [6.07, 6.45) is 3.55. The van der Waals surface area contributed by atoms with Gasteiger partial charge >= 0.3 is 0 Å². The monoisotopic (exact) mass is 298 g/mol. The van der Waals surface area contributed by atoms with Gasteiger partial charge in [0, 0.05) is 37.5 Å². The summed E-state index contributed by atoms with van der Waals surface area (Å²) in [5.41, 5.74) is 1.90. The molecule has 1 spiro atoms. The van der Waals surface area contributed by atoms with Gasteiger partial charge in [0.05, 0.1) is 5.52 Å². The Labute approximate surface area is 130 Å². The maximum Gasteiger partial charge on any atom is 0.275 e. The predicted molar refractivity (Wildman–Crippen MR) is 85.8 cm³/mol. The Balaban J connectivity index is 1.62. The lowest BCUT2D eigenvalue weighted by Crippen LogP contribution is -2.42. The summed E-state index contributed by atoms with van der Waals surface area (Å²) in [6.45, 7) is 3.87.